The summed E-state index contributed by atoms with van der Waals surface area (Å²) >= 11 is 0. The number of aromatic carboxylic acids is 1. The molecule has 0 spiro atoms. The van der Waals surface area contributed by atoms with Crippen LogP contribution in [0.3, 0.4) is 0 Å². The minimum Gasteiger partial charge on any atom is -0.493 e. The van der Waals surface area contributed by atoms with Crippen molar-refractivity contribution in [2.45, 2.75) is 12.8 Å². The van der Waals surface area contributed by atoms with Gasteiger partial charge >= 0.3 is 5.97 Å². The average molecular weight is 272 g/mol. The van der Waals surface area contributed by atoms with Crippen LogP contribution in [-0.2, 0) is 6.42 Å². The van der Waals surface area contributed by atoms with Crippen molar-refractivity contribution in [3.05, 3.63) is 53.3 Å². The molecular weight excluding hydrogens is 259 g/mol. The number of fused-ring (bicyclic) bond motifs is 1. The normalized spacial score (nSPS) is 13.4. The average Bonchev–Trinajstić information content (AvgIpc) is 2.46. The summed E-state index contributed by atoms with van der Waals surface area (Å²) < 4.78 is 19.3. The molecule has 102 valence electrons. The molecule has 20 heavy (non-hydrogen) atoms. The zero-order valence-corrected chi connectivity index (χ0v) is 10.7. The number of aryl methyl sites for hydroxylation is 1. The quantitative estimate of drug-likeness (QED) is 0.909. The third kappa shape index (κ3) is 2.25. The molecule has 0 unspecified atom stereocenters. The molecule has 0 saturated heterocycles. The van der Waals surface area contributed by atoms with E-state index in [1.165, 1.54) is 12.1 Å². The van der Waals surface area contributed by atoms with Gasteiger partial charge in [0.05, 0.1) is 12.2 Å². The molecule has 1 N–H and O–H groups in total. The summed E-state index contributed by atoms with van der Waals surface area (Å²) in [6.45, 7) is 0.630. The maximum Gasteiger partial charge on any atom is 0.335 e. The summed E-state index contributed by atoms with van der Waals surface area (Å²) in [5, 5.41) is 9.02. The summed E-state index contributed by atoms with van der Waals surface area (Å²) in [6.07, 6.45) is 1.88. The Morgan fingerprint density at radius 2 is 2.10 bits per heavy atom. The molecule has 0 atom stereocenters. The van der Waals surface area contributed by atoms with Gasteiger partial charge in [0.15, 0.2) is 0 Å². The first kappa shape index (κ1) is 12.7. The standard InChI is InChI=1S/C16H13FO3/c17-13-8-11(7-12(9-13)16(18)19)14-5-1-3-10-4-2-6-20-15(10)14/h1,3,5,7-9H,2,4,6H2,(H,18,19). The summed E-state index contributed by atoms with van der Waals surface area (Å²) in [6, 6.07) is 9.51. The van der Waals surface area contributed by atoms with Gasteiger partial charge in [-0.1, -0.05) is 18.2 Å². The Bertz CT molecular complexity index is 679. The molecule has 0 bridgehead atoms. The van der Waals surface area contributed by atoms with Gasteiger partial charge in [0.1, 0.15) is 11.6 Å². The zero-order valence-electron chi connectivity index (χ0n) is 10.7. The molecular formula is C16H13FO3. The highest BCUT2D eigenvalue weighted by Crippen LogP contribution is 2.36. The topological polar surface area (TPSA) is 46.5 Å². The lowest BCUT2D eigenvalue weighted by atomic mass is 9.96. The highest BCUT2D eigenvalue weighted by Gasteiger charge is 2.17. The van der Waals surface area contributed by atoms with Crippen LogP contribution in [-0.4, -0.2) is 17.7 Å². The van der Waals surface area contributed by atoms with E-state index in [2.05, 4.69) is 0 Å². The monoisotopic (exact) mass is 272 g/mol. The van der Waals surface area contributed by atoms with Gasteiger partial charge in [-0.15, -0.1) is 0 Å². The van der Waals surface area contributed by atoms with Crippen molar-refractivity contribution in [3.8, 4) is 16.9 Å². The lowest BCUT2D eigenvalue weighted by molar-refractivity contribution is 0.0696. The van der Waals surface area contributed by atoms with Crippen LogP contribution in [0.25, 0.3) is 11.1 Å². The summed E-state index contributed by atoms with van der Waals surface area (Å²) in [7, 11) is 0. The van der Waals surface area contributed by atoms with Crippen molar-refractivity contribution in [1.82, 2.24) is 0 Å². The molecule has 1 aliphatic rings. The van der Waals surface area contributed by atoms with Gasteiger partial charge < -0.3 is 9.84 Å². The van der Waals surface area contributed by atoms with Gasteiger partial charge in [-0.25, -0.2) is 9.18 Å². The largest absolute Gasteiger partial charge is 0.493 e. The maximum absolute atomic E-state index is 13.6. The second kappa shape index (κ2) is 4.96. The van der Waals surface area contributed by atoms with Crippen LogP contribution >= 0.6 is 0 Å². The molecule has 0 aromatic heterocycles. The van der Waals surface area contributed by atoms with Crippen molar-refractivity contribution >= 4 is 5.97 Å². The van der Waals surface area contributed by atoms with E-state index in [9.17, 15) is 9.18 Å². The van der Waals surface area contributed by atoms with Crippen LogP contribution in [0.15, 0.2) is 36.4 Å². The molecule has 0 saturated carbocycles. The predicted octanol–water partition coefficient (Wildman–Crippen LogP) is 3.52. The number of carboxylic acids is 1. The SMILES string of the molecule is O=C(O)c1cc(F)cc(-c2cccc3c2OCCC3)c1. The molecule has 4 heteroatoms. The molecule has 2 aromatic rings. The number of para-hydroxylation sites is 1. The maximum atomic E-state index is 13.6. The van der Waals surface area contributed by atoms with Crippen LogP contribution in [0, 0.1) is 5.82 Å². The zero-order chi connectivity index (χ0) is 14.1. The molecule has 3 rings (SSSR count). The number of rotatable bonds is 2. The fourth-order valence-corrected chi connectivity index (χ4v) is 2.48. The van der Waals surface area contributed by atoms with Gasteiger partial charge in [0, 0.05) is 5.56 Å². The number of hydrogen-bond donors (Lipinski definition) is 1. The van der Waals surface area contributed by atoms with E-state index in [4.69, 9.17) is 9.84 Å². The summed E-state index contributed by atoms with van der Waals surface area (Å²) in [4.78, 5) is 11.0. The van der Waals surface area contributed by atoms with Crippen molar-refractivity contribution in [1.29, 1.82) is 0 Å². The molecule has 3 nitrogen and oxygen atoms in total. The van der Waals surface area contributed by atoms with E-state index >= 15 is 0 Å². The molecule has 1 aliphatic heterocycles. The van der Waals surface area contributed by atoms with Crippen LogP contribution in [0.4, 0.5) is 4.39 Å². The van der Waals surface area contributed by atoms with Crippen molar-refractivity contribution in [2.75, 3.05) is 6.61 Å². The first-order chi connectivity index (χ1) is 9.65. The summed E-state index contributed by atoms with van der Waals surface area (Å²) in [5.41, 5.74) is 2.29. The number of carboxylic acid groups (broad SMARTS) is 1. The van der Waals surface area contributed by atoms with E-state index in [1.54, 1.807) is 0 Å². The smallest absolute Gasteiger partial charge is 0.335 e. The first-order valence-electron chi connectivity index (χ1n) is 6.44. The van der Waals surface area contributed by atoms with Gasteiger partial charge in [0.25, 0.3) is 0 Å². The van der Waals surface area contributed by atoms with Crippen LogP contribution in [0.2, 0.25) is 0 Å². The van der Waals surface area contributed by atoms with Crippen LogP contribution < -0.4 is 4.74 Å². The number of hydrogen-bond acceptors (Lipinski definition) is 2. The molecule has 0 amide bonds. The van der Waals surface area contributed by atoms with Gasteiger partial charge in [-0.2, -0.15) is 0 Å². The van der Waals surface area contributed by atoms with Crippen LogP contribution in [0.1, 0.15) is 22.3 Å². The summed E-state index contributed by atoms with van der Waals surface area (Å²) in [5.74, 6) is -0.967. The highest BCUT2D eigenvalue weighted by atomic mass is 19.1. The highest BCUT2D eigenvalue weighted by molar-refractivity contribution is 5.90. The molecule has 0 radical (unpaired) electrons. The Hall–Kier alpha value is -2.36. The Morgan fingerprint density at radius 3 is 2.90 bits per heavy atom. The minimum absolute atomic E-state index is 0.0617. The molecule has 2 aromatic carbocycles. The predicted molar refractivity (Wildman–Crippen MR) is 72.6 cm³/mol. The van der Waals surface area contributed by atoms with E-state index in [0.717, 1.165) is 35.8 Å². The van der Waals surface area contributed by atoms with Crippen molar-refractivity contribution in [3.63, 3.8) is 0 Å². The van der Waals surface area contributed by atoms with E-state index < -0.39 is 11.8 Å². The van der Waals surface area contributed by atoms with Gasteiger partial charge in [-0.3, -0.25) is 0 Å². The fraction of sp³-hybridized carbons (Fsp3) is 0.188. The minimum atomic E-state index is -1.14. The second-order valence-corrected chi connectivity index (χ2v) is 4.78. The number of ether oxygens (including phenoxy) is 1. The lowest BCUT2D eigenvalue weighted by Gasteiger charge is -2.20. The van der Waals surface area contributed by atoms with Crippen LogP contribution in [0.5, 0.6) is 5.75 Å². The fourth-order valence-electron chi connectivity index (χ4n) is 2.48. The molecule has 0 fully saturated rings. The second-order valence-electron chi connectivity index (χ2n) is 4.78. The third-order valence-electron chi connectivity index (χ3n) is 3.39. The molecule has 1 heterocycles. The lowest BCUT2D eigenvalue weighted by Crippen LogP contribution is -2.09. The van der Waals surface area contributed by atoms with Crippen molar-refractivity contribution in [2.24, 2.45) is 0 Å². The Morgan fingerprint density at radius 1 is 1.25 bits per heavy atom. The Balaban J connectivity index is 2.16. The Labute approximate surface area is 115 Å². The third-order valence-corrected chi connectivity index (χ3v) is 3.39. The van der Waals surface area contributed by atoms with E-state index in [1.807, 2.05) is 18.2 Å². The molecule has 0 aliphatic carbocycles. The van der Waals surface area contributed by atoms with Gasteiger partial charge in [0.2, 0.25) is 0 Å². The number of carbonyl (C=O) groups is 1. The Kier molecular flexibility index (Phi) is 3.14. The number of benzene rings is 2. The first-order valence-corrected chi connectivity index (χ1v) is 6.44. The van der Waals surface area contributed by atoms with Crippen molar-refractivity contribution < 1.29 is 19.0 Å². The van der Waals surface area contributed by atoms with E-state index in [-0.39, 0.29) is 5.56 Å². The van der Waals surface area contributed by atoms with E-state index in [0.29, 0.717) is 12.2 Å². The number of halogens is 1. The van der Waals surface area contributed by atoms with Gasteiger partial charge in [-0.05, 0) is 42.2 Å².